The quantitative estimate of drug-likeness (QED) is 0.648. The van der Waals surface area contributed by atoms with Crippen LogP contribution in [0.15, 0.2) is 18.3 Å². The van der Waals surface area contributed by atoms with Crippen molar-refractivity contribution in [3.8, 4) is 12.0 Å². The van der Waals surface area contributed by atoms with E-state index in [2.05, 4.69) is 9.72 Å². The summed E-state index contributed by atoms with van der Waals surface area (Å²) in [6, 6.07) is 2.85. The molecule has 12 heavy (non-hydrogen) atoms. The lowest BCUT2D eigenvalue weighted by Gasteiger charge is -1.98. The molecule has 1 N–H and O–H groups in total. The van der Waals surface area contributed by atoms with Gasteiger partial charge in [-0.25, -0.2) is 9.78 Å². The minimum atomic E-state index is -1.22. The van der Waals surface area contributed by atoms with Crippen LogP contribution in [0.5, 0.6) is 5.75 Å². The van der Waals surface area contributed by atoms with Gasteiger partial charge < -0.3 is 9.84 Å². The highest BCUT2D eigenvalue weighted by Crippen LogP contribution is 2.13. The van der Waals surface area contributed by atoms with Crippen molar-refractivity contribution in [3.05, 3.63) is 24.0 Å². The van der Waals surface area contributed by atoms with E-state index in [0.717, 1.165) is 0 Å². The minimum absolute atomic E-state index is 0.0486. The van der Waals surface area contributed by atoms with Crippen molar-refractivity contribution < 1.29 is 14.6 Å². The third-order valence-electron chi connectivity index (χ3n) is 1.13. The van der Waals surface area contributed by atoms with Gasteiger partial charge in [-0.3, -0.25) is 0 Å². The molecule has 0 aliphatic carbocycles. The average Bonchev–Trinajstić information content (AvgIpc) is 2.05. The molecule has 0 saturated heterocycles. The first-order valence-corrected chi connectivity index (χ1v) is 3.00. The number of hydrogen-bond donors (Lipinski definition) is 1. The summed E-state index contributed by atoms with van der Waals surface area (Å²) in [5, 5.41) is 16.7. The lowest BCUT2D eigenvalue weighted by molar-refractivity contribution is 0.0687. The molecule has 0 saturated carbocycles. The molecule has 0 aromatic carbocycles. The van der Waals surface area contributed by atoms with Crippen molar-refractivity contribution >= 4 is 5.97 Å². The zero-order valence-electron chi connectivity index (χ0n) is 5.89. The molecule has 60 valence electrons. The lowest BCUT2D eigenvalue weighted by atomic mass is 10.3. The summed E-state index contributed by atoms with van der Waals surface area (Å²) in [5.41, 5.74) is -0.265. The number of pyridine rings is 1. The van der Waals surface area contributed by atoms with Crippen LogP contribution < -0.4 is 4.74 Å². The summed E-state index contributed by atoms with van der Waals surface area (Å²) >= 11 is 0. The SMILES string of the molecule is N#COc1cccnc1C(=O)O. The van der Waals surface area contributed by atoms with Gasteiger partial charge in [0.25, 0.3) is 6.26 Å². The van der Waals surface area contributed by atoms with E-state index in [1.807, 2.05) is 0 Å². The summed E-state index contributed by atoms with van der Waals surface area (Å²) in [7, 11) is 0. The van der Waals surface area contributed by atoms with Crippen molar-refractivity contribution in [1.82, 2.24) is 4.98 Å². The molecule has 5 heteroatoms. The Morgan fingerprint density at radius 3 is 3.08 bits per heavy atom. The monoisotopic (exact) mass is 164 g/mol. The Kier molecular flexibility index (Phi) is 2.23. The van der Waals surface area contributed by atoms with Crippen molar-refractivity contribution in [2.45, 2.75) is 0 Å². The van der Waals surface area contributed by atoms with Crippen molar-refractivity contribution in [2.24, 2.45) is 0 Å². The van der Waals surface area contributed by atoms with Crippen LogP contribution in [-0.2, 0) is 0 Å². The Bertz CT molecular complexity index is 343. The van der Waals surface area contributed by atoms with E-state index < -0.39 is 5.97 Å². The predicted molar refractivity (Wildman–Crippen MR) is 37.4 cm³/mol. The van der Waals surface area contributed by atoms with E-state index in [4.69, 9.17) is 10.4 Å². The zero-order chi connectivity index (χ0) is 8.97. The molecule has 0 aliphatic rings. The molecule has 5 nitrogen and oxygen atoms in total. The molecule has 1 heterocycles. The van der Waals surface area contributed by atoms with Gasteiger partial charge in [0.15, 0.2) is 11.4 Å². The van der Waals surface area contributed by atoms with Gasteiger partial charge in [-0.05, 0) is 12.1 Å². The molecule has 0 aliphatic heterocycles. The average molecular weight is 164 g/mol. The summed E-state index contributed by atoms with van der Waals surface area (Å²) in [6.07, 6.45) is 2.69. The summed E-state index contributed by atoms with van der Waals surface area (Å²) in [6.45, 7) is 0. The first kappa shape index (κ1) is 8.01. The maximum absolute atomic E-state index is 10.4. The van der Waals surface area contributed by atoms with Gasteiger partial charge >= 0.3 is 5.97 Å². The Morgan fingerprint density at radius 2 is 2.50 bits per heavy atom. The molecule has 0 unspecified atom stereocenters. The second-order valence-electron chi connectivity index (χ2n) is 1.85. The van der Waals surface area contributed by atoms with Crippen molar-refractivity contribution in [3.63, 3.8) is 0 Å². The number of rotatable bonds is 2. The summed E-state index contributed by atoms with van der Waals surface area (Å²) in [4.78, 5) is 14.0. The van der Waals surface area contributed by atoms with Gasteiger partial charge in [0.1, 0.15) is 0 Å². The van der Waals surface area contributed by atoms with Gasteiger partial charge in [-0.1, -0.05) is 0 Å². The van der Waals surface area contributed by atoms with Gasteiger partial charge in [0, 0.05) is 6.20 Å². The molecule has 1 aromatic rings. The molecular formula is C7H4N2O3. The molecule has 0 amide bonds. The van der Waals surface area contributed by atoms with Crippen LogP contribution in [0.2, 0.25) is 0 Å². The third-order valence-corrected chi connectivity index (χ3v) is 1.13. The van der Waals surface area contributed by atoms with Crippen LogP contribution in [0.4, 0.5) is 0 Å². The number of aromatic carboxylic acids is 1. The highest BCUT2D eigenvalue weighted by molar-refractivity contribution is 5.88. The number of nitrogens with zero attached hydrogens (tertiary/aromatic N) is 2. The molecule has 0 radical (unpaired) electrons. The molecular weight excluding hydrogens is 160 g/mol. The van der Waals surface area contributed by atoms with Crippen LogP contribution in [0.1, 0.15) is 10.5 Å². The highest BCUT2D eigenvalue weighted by atomic mass is 16.5. The van der Waals surface area contributed by atoms with E-state index in [9.17, 15) is 4.79 Å². The molecule has 1 rings (SSSR count). The van der Waals surface area contributed by atoms with Gasteiger partial charge in [0.05, 0.1) is 0 Å². The molecule has 0 atom stereocenters. The van der Waals surface area contributed by atoms with E-state index >= 15 is 0 Å². The maximum Gasteiger partial charge on any atom is 0.358 e. The van der Waals surface area contributed by atoms with E-state index in [0.29, 0.717) is 0 Å². The topological polar surface area (TPSA) is 83.2 Å². The maximum atomic E-state index is 10.4. The third kappa shape index (κ3) is 1.49. The minimum Gasteiger partial charge on any atom is -0.476 e. The number of aromatic nitrogens is 1. The second-order valence-corrected chi connectivity index (χ2v) is 1.85. The number of carboxylic acids is 1. The van der Waals surface area contributed by atoms with Gasteiger partial charge in [-0.15, -0.1) is 5.26 Å². The zero-order valence-corrected chi connectivity index (χ0v) is 5.89. The number of hydrogen-bond acceptors (Lipinski definition) is 4. The highest BCUT2D eigenvalue weighted by Gasteiger charge is 2.11. The Labute approximate surface area is 67.8 Å². The molecule has 0 spiro atoms. The fourth-order valence-electron chi connectivity index (χ4n) is 0.683. The van der Waals surface area contributed by atoms with Crippen LogP contribution >= 0.6 is 0 Å². The number of ether oxygens (including phenoxy) is 1. The van der Waals surface area contributed by atoms with Crippen LogP contribution in [0, 0.1) is 11.5 Å². The molecule has 0 fully saturated rings. The van der Waals surface area contributed by atoms with Crippen LogP contribution in [-0.4, -0.2) is 16.1 Å². The first-order valence-electron chi connectivity index (χ1n) is 3.00. The summed E-state index contributed by atoms with van der Waals surface area (Å²) in [5.74, 6) is -1.27. The van der Waals surface area contributed by atoms with E-state index in [-0.39, 0.29) is 11.4 Å². The van der Waals surface area contributed by atoms with Crippen LogP contribution in [0.25, 0.3) is 0 Å². The number of carboxylic acid groups (broad SMARTS) is 1. The van der Waals surface area contributed by atoms with Crippen molar-refractivity contribution in [1.29, 1.82) is 5.26 Å². The molecule has 1 aromatic heterocycles. The fourth-order valence-corrected chi connectivity index (χ4v) is 0.683. The largest absolute Gasteiger partial charge is 0.476 e. The van der Waals surface area contributed by atoms with Gasteiger partial charge in [0.2, 0.25) is 0 Å². The van der Waals surface area contributed by atoms with E-state index in [1.165, 1.54) is 24.6 Å². The Balaban J connectivity index is 3.10. The summed E-state index contributed by atoms with van der Waals surface area (Å²) < 4.78 is 4.36. The first-order chi connectivity index (χ1) is 5.75. The number of carbonyl (C=O) groups is 1. The smallest absolute Gasteiger partial charge is 0.358 e. The predicted octanol–water partition coefficient (Wildman–Crippen LogP) is 0.640. The second kappa shape index (κ2) is 3.34. The molecule has 0 bridgehead atoms. The Hall–Kier alpha value is -2.09. The van der Waals surface area contributed by atoms with Crippen LogP contribution in [0.3, 0.4) is 0 Å². The Morgan fingerprint density at radius 1 is 1.75 bits per heavy atom. The van der Waals surface area contributed by atoms with Gasteiger partial charge in [-0.2, -0.15) is 0 Å². The standard InChI is InChI=1S/C7H4N2O3/c8-4-12-5-2-1-3-9-6(5)7(10)11/h1-3H,(H,10,11). The van der Waals surface area contributed by atoms with Crippen molar-refractivity contribution in [2.75, 3.05) is 0 Å². The number of nitriles is 1. The lowest BCUT2D eigenvalue weighted by Crippen LogP contribution is -2.02. The van der Waals surface area contributed by atoms with E-state index in [1.54, 1.807) is 0 Å². The normalized spacial score (nSPS) is 8.58. The fraction of sp³-hybridized carbons (Fsp3) is 0.